The summed E-state index contributed by atoms with van der Waals surface area (Å²) in [6, 6.07) is 28.1. The Bertz CT molecular complexity index is 1510. The molecule has 0 saturated heterocycles. The molecule has 31 heavy (non-hydrogen) atoms. The predicted octanol–water partition coefficient (Wildman–Crippen LogP) is 7.13. The Labute approximate surface area is 180 Å². The van der Waals surface area contributed by atoms with E-state index >= 15 is 0 Å². The summed E-state index contributed by atoms with van der Waals surface area (Å²) in [6.07, 6.45) is -0.163. The first-order valence-corrected chi connectivity index (χ1v) is 10.8. The van der Waals surface area contributed by atoms with Gasteiger partial charge >= 0.3 is 0 Å². The molecule has 1 unspecified atom stereocenters. The molecule has 1 aromatic heterocycles. The first-order chi connectivity index (χ1) is 15.1. The topological polar surface area (TPSA) is 37.0 Å². The highest BCUT2D eigenvalue weighted by atomic mass is 16.5. The first-order valence-electron chi connectivity index (χ1n) is 10.8. The van der Waals surface area contributed by atoms with E-state index in [1.54, 1.807) is 0 Å². The van der Waals surface area contributed by atoms with Gasteiger partial charge in [-0.3, -0.25) is 0 Å². The maximum absolute atomic E-state index is 6.39. The van der Waals surface area contributed by atoms with Crippen LogP contribution in [0.4, 0.5) is 5.69 Å². The number of H-pyrrole nitrogens is 1. The monoisotopic (exact) mass is 402 g/mol. The highest BCUT2D eigenvalue weighted by Gasteiger charge is 2.36. The van der Waals surface area contributed by atoms with Crippen LogP contribution in [-0.4, -0.2) is 4.98 Å². The van der Waals surface area contributed by atoms with E-state index in [2.05, 4.69) is 84.8 Å². The van der Waals surface area contributed by atoms with E-state index in [9.17, 15) is 0 Å². The van der Waals surface area contributed by atoms with Gasteiger partial charge in [-0.05, 0) is 46.5 Å². The van der Waals surface area contributed by atoms with Gasteiger partial charge in [-0.15, -0.1) is 0 Å². The van der Waals surface area contributed by atoms with Gasteiger partial charge in [-0.1, -0.05) is 68.4 Å². The van der Waals surface area contributed by atoms with Crippen LogP contribution in [0.25, 0.3) is 32.9 Å². The van der Waals surface area contributed by atoms with Crippen molar-refractivity contribution < 1.29 is 4.74 Å². The van der Waals surface area contributed by atoms with Gasteiger partial charge in [0.25, 0.3) is 0 Å². The summed E-state index contributed by atoms with van der Waals surface area (Å²) in [6.45, 7) is 4.64. The smallest absolute Gasteiger partial charge is 0.196 e. The zero-order valence-corrected chi connectivity index (χ0v) is 17.5. The summed E-state index contributed by atoms with van der Waals surface area (Å²) in [4.78, 5) is 3.68. The highest BCUT2D eigenvalue weighted by Crippen LogP contribution is 2.51. The Kier molecular flexibility index (Phi) is 3.13. The number of anilines is 1. The molecule has 1 atom stereocenters. The van der Waals surface area contributed by atoms with Gasteiger partial charge < -0.3 is 15.0 Å². The molecule has 5 aromatic rings. The van der Waals surface area contributed by atoms with Gasteiger partial charge in [-0.2, -0.15) is 0 Å². The molecule has 0 radical (unpaired) electrons. The molecule has 0 saturated carbocycles. The fraction of sp³-hybridized carbons (Fsp3) is 0.143. The Balaban J connectivity index is 1.43. The number of benzene rings is 4. The van der Waals surface area contributed by atoms with Crippen molar-refractivity contribution >= 4 is 27.5 Å². The van der Waals surface area contributed by atoms with E-state index in [0.29, 0.717) is 0 Å². The van der Waals surface area contributed by atoms with Crippen molar-refractivity contribution in [2.75, 3.05) is 5.32 Å². The third kappa shape index (κ3) is 2.18. The predicted molar refractivity (Wildman–Crippen MR) is 127 cm³/mol. The van der Waals surface area contributed by atoms with Crippen molar-refractivity contribution in [2.24, 2.45) is 0 Å². The minimum absolute atomic E-state index is 0.00415. The fourth-order valence-electron chi connectivity index (χ4n) is 5.44. The standard InChI is InChI=1S/C28H22N2O/c1-28(2)21-11-7-6-10-17(21)19-14-20-18-12-13-23-26(25(18)29-24(20)15-22(19)28)31-27(30-23)16-8-4-3-5-9-16/h3-15,27,29-30H,1-2H3. The molecule has 0 bridgehead atoms. The van der Waals surface area contributed by atoms with Crippen LogP contribution in [-0.2, 0) is 5.41 Å². The number of hydrogen-bond donors (Lipinski definition) is 2. The van der Waals surface area contributed by atoms with Crippen LogP contribution in [0.1, 0.15) is 36.8 Å². The molecule has 0 amide bonds. The van der Waals surface area contributed by atoms with E-state index in [-0.39, 0.29) is 11.6 Å². The number of rotatable bonds is 1. The molecule has 1 aliphatic carbocycles. The average molecular weight is 402 g/mol. The fourth-order valence-corrected chi connectivity index (χ4v) is 5.44. The second-order valence-electron chi connectivity index (χ2n) is 9.16. The Morgan fingerprint density at radius 1 is 0.774 bits per heavy atom. The molecular weight excluding hydrogens is 380 g/mol. The van der Waals surface area contributed by atoms with Gasteiger partial charge in [0.15, 0.2) is 12.0 Å². The molecule has 4 aromatic carbocycles. The van der Waals surface area contributed by atoms with Crippen LogP contribution in [0.5, 0.6) is 5.75 Å². The molecule has 0 fully saturated rings. The highest BCUT2D eigenvalue weighted by molar-refractivity contribution is 6.13. The Morgan fingerprint density at radius 2 is 1.58 bits per heavy atom. The minimum atomic E-state index is -0.163. The normalized spacial score (nSPS) is 17.8. The summed E-state index contributed by atoms with van der Waals surface area (Å²) in [7, 11) is 0. The van der Waals surface area contributed by atoms with Gasteiger partial charge in [0.1, 0.15) is 0 Å². The van der Waals surface area contributed by atoms with Gasteiger partial charge in [0, 0.05) is 27.3 Å². The first kappa shape index (κ1) is 17.0. The lowest BCUT2D eigenvalue weighted by Crippen LogP contribution is -2.14. The number of ether oxygens (including phenoxy) is 1. The number of aromatic amines is 1. The van der Waals surface area contributed by atoms with Crippen LogP contribution in [0.3, 0.4) is 0 Å². The zero-order valence-electron chi connectivity index (χ0n) is 17.5. The van der Waals surface area contributed by atoms with E-state index in [1.807, 2.05) is 18.2 Å². The van der Waals surface area contributed by atoms with Crippen LogP contribution >= 0.6 is 0 Å². The van der Waals surface area contributed by atoms with Crippen molar-refractivity contribution in [3.8, 4) is 16.9 Å². The van der Waals surface area contributed by atoms with Crippen molar-refractivity contribution in [3.63, 3.8) is 0 Å². The van der Waals surface area contributed by atoms with Gasteiger partial charge in [0.2, 0.25) is 0 Å². The molecule has 2 N–H and O–H groups in total. The van der Waals surface area contributed by atoms with Crippen molar-refractivity contribution in [2.45, 2.75) is 25.5 Å². The summed E-state index contributed by atoms with van der Waals surface area (Å²) in [5.41, 5.74) is 9.86. The number of fused-ring (bicyclic) bond motifs is 8. The second-order valence-corrected chi connectivity index (χ2v) is 9.16. The SMILES string of the molecule is CC1(C)c2ccccc2-c2cc3c(cc21)[nH]c1c2c(ccc13)NC(c1ccccc1)O2. The summed E-state index contributed by atoms with van der Waals surface area (Å²) >= 11 is 0. The second kappa shape index (κ2) is 5.70. The molecule has 3 nitrogen and oxygen atoms in total. The van der Waals surface area contributed by atoms with Crippen LogP contribution < -0.4 is 10.1 Å². The summed E-state index contributed by atoms with van der Waals surface area (Å²) < 4.78 is 6.39. The quantitative estimate of drug-likeness (QED) is 0.313. The molecule has 1 aliphatic heterocycles. The minimum Gasteiger partial charge on any atom is -0.462 e. The molecule has 3 heteroatoms. The van der Waals surface area contributed by atoms with Crippen LogP contribution in [0, 0.1) is 0 Å². The largest absolute Gasteiger partial charge is 0.462 e. The molecule has 0 spiro atoms. The molecule has 7 rings (SSSR count). The maximum atomic E-state index is 6.39. The number of hydrogen-bond acceptors (Lipinski definition) is 2. The van der Waals surface area contributed by atoms with E-state index in [1.165, 1.54) is 33.0 Å². The lowest BCUT2D eigenvalue weighted by atomic mass is 9.82. The average Bonchev–Trinajstić information content (AvgIpc) is 3.45. The summed E-state index contributed by atoms with van der Waals surface area (Å²) in [5, 5.41) is 5.97. The Hall–Kier alpha value is -3.72. The van der Waals surface area contributed by atoms with Gasteiger partial charge in [-0.25, -0.2) is 0 Å². The van der Waals surface area contributed by atoms with Crippen molar-refractivity contribution in [1.29, 1.82) is 0 Å². The Morgan fingerprint density at radius 3 is 2.45 bits per heavy atom. The maximum Gasteiger partial charge on any atom is 0.196 e. The molecular formula is C28H22N2O. The molecule has 2 aliphatic rings. The van der Waals surface area contributed by atoms with E-state index < -0.39 is 0 Å². The van der Waals surface area contributed by atoms with Crippen LogP contribution in [0.2, 0.25) is 0 Å². The van der Waals surface area contributed by atoms with E-state index in [4.69, 9.17) is 4.74 Å². The number of nitrogens with one attached hydrogen (secondary N) is 2. The third-order valence-electron chi connectivity index (χ3n) is 7.05. The van der Waals surface area contributed by atoms with Crippen LogP contribution in [0.15, 0.2) is 78.9 Å². The van der Waals surface area contributed by atoms with Crippen molar-refractivity contribution in [1.82, 2.24) is 4.98 Å². The lowest BCUT2D eigenvalue weighted by molar-refractivity contribution is 0.262. The molecule has 2 heterocycles. The van der Waals surface area contributed by atoms with E-state index in [0.717, 1.165) is 28.0 Å². The third-order valence-corrected chi connectivity index (χ3v) is 7.05. The van der Waals surface area contributed by atoms with Crippen molar-refractivity contribution in [3.05, 3.63) is 95.6 Å². The summed E-state index contributed by atoms with van der Waals surface area (Å²) in [5.74, 6) is 0.905. The lowest BCUT2D eigenvalue weighted by Gasteiger charge is -2.21. The molecule has 150 valence electrons. The zero-order chi connectivity index (χ0) is 20.7. The number of aromatic nitrogens is 1. The van der Waals surface area contributed by atoms with Gasteiger partial charge in [0.05, 0.1) is 11.2 Å².